The predicted octanol–water partition coefficient (Wildman–Crippen LogP) is 2.27. The van der Waals surface area contributed by atoms with E-state index in [9.17, 15) is 18.0 Å². The lowest BCUT2D eigenvalue weighted by molar-refractivity contribution is -0.131. The van der Waals surface area contributed by atoms with Crippen LogP contribution in [0.15, 0.2) is 54.6 Å². The van der Waals surface area contributed by atoms with Crippen molar-refractivity contribution in [2.45, 2.75) is 31.9 Å². The van der Waals surface area contributed by atoms with Crippen LogP contribution in [0.2, 0.25) is 5.02 Å². The smallest absolute Gasteiger partial charge is 0.407 e. The number of ether oxygens (including phenoxy) is 1. The van der Waals surface area contributed by atoms with E-state index in [0.29, 0.717) is 37.5 Å². The molecule has 0 aromatic heterocycles. The van der Waals surface area contributed by atoms with Gasteiger partial charge in [-0.2, -0.15) is 17.4 Å². The van der Waals surface area contributed by atoms with Gasteiger partial charge in [0.1, 0.15) is 12.6 Å². The highest BCUT2D eigenvalue weighted by molar-refractivity contribution is 7.87. The van der Waals surface area contributed by atoms with E-state index in [-0.39, 0.29) is 26.1 Å². The van der Waals surface area contributed by atoms with Crippen molar-refractivity contribution in [3.8, 4) is 0 Å². The first-order valence-electron chi connectivity index (χ1n) is 11.9. The van der Waals surface area contributed by atoms with Crippen LogP contribution in [-0.2, 0) is 26.3 Å². The van der Waals surface area contributed by atoms with E-state index < -0.39 is 28.3 Å². The van der Waals surface area contributed by atoms with E-state index in [4.69, 9.17) is 21.5 Å². The maximum absolute atomic E-state index is 12.9. The molecular formula is C24H32ClN5O6S. The second-order valence-electron chi connectivity index (χ2n) is 8.50. The zero-order valence-corrected chi connectivity index (χ0v) is 21.9. The van der Waals surface area contributed by atoms with Crippen molar-refractivity contribution in [3.63, 3.8) is 0 Å². The number of hydroxylamine groups is 1. The highest BCUT2D eigenvalue weighted by atomic mass is 35.5. The minimum atomic E-state index is -3.97. The molecule has 1 heterocycles. The zero-order chi connectivity index (χ0) is 26.7. The lowest BCUT2D eigenvalue weighted by atomic mass is 10.1. The van der Waals surface area contributed by atoms with Crippen LogP contribution in [0, 0.1) is 0 Å². The van der Waals surface area contributed by atoms with Gasteiger partial charge in [0.25, 0.3) is 16.1 Å². The zero-order valence-electron chi connectivity index (χ0n) is 20.3. The number of rotatable bonds is 12. The molecule has 2 aromatic rings. The molecule has 0 unspecified atom stereocenters. The van der Waals surface area contributed by atoms with Gasteiger partial charge in [-0.1, -0.05) is 41.9 Å². The third kappa shape index (κ3) is 9.17. The molecule has 13 heteroatoms. The monoisotopic (exact) mass is 553 g/mol. The highest BCUT2D eigenvalue weighted by Crippen LogP contribution is 2.20. The average Bonchev–Trinajstić information content (AvgIpc) is 2.91. The number of benzene rings is 2. The SMILES string of the molecule is O=C(NCCCC[C@@H](NS(=O)(=O)N1CCN(c2ccc(Cl)cc2)CC1)C(=O)NO)OCc1ccccc1. The number of piperazine rings is 1. The molecule has 1 aliphatic rings. The molecule has 1 fully saturated rings. The second kappa shape index (κ2) is 14.1. The molecule has 0 radical (unpaired) electrons. The second-order valence-corrected chi connectivity index (χ2v) is 10.6. The largest absolute Gasteiger partial charge is 0.445 e. The molecule has 3 rings (SSSR count). The van der Waals surface area contributed by atoms with Crippen LogP contribution in [0.3, 0.4) is 0 Å². The van der Waals surface area contributed by atoms with E-state index in [1.165, 1.54) is 9.79 Å². The summed E-state index contributed by atoms with van der Waals surface area (Å²) in [6.07, 6.45) is 0.477. The van der Waals surface area contributed by atoms with Crippen LogP contribution in [0.4, 0.5) is 10.5 Å². The number of hydrogen-bond donors (Lipinski definition) is 4. The summed E-state index contributed by atoms with van der Waals surface area (Å²) < 4.78 is 34.6. The summed E-state index contributed by atoms with van der Waals surface area (Å²) in [5.41, 5.74) is 3.34. The van der Waals surface area contributed by atoms with E-state index in [1.807, 2.05) is 42.5 Å². The van der Waals surface area contributed by atoms with Crippen LogP contribution in [0.1, 0.15) is 24.8 Å². The lowest BCUT2D eigenvalue weighted by Gasteiger charge is -2.35. The van der Waals surface area contributed by atoms with Gasteiger partial charge in [-0.05, 0) is 49.1 Å². The third-order valence-corrected chi connectivity index (χ3v) is 7.77. The summed E-state index contributed by atoms with van der Waals surface area (Å²) in [7, 11) is -3.97. The summed E-state index contributed by atoms with van der Waals surface area (Å²) in [4.78, 5) is 26.0. The Labute approximate surface area is 221 Å². The van der Waals surface area contributed by atoms with Gasteiger partial charge < -0.3 is 15.0 Å². The molecule has 2 aromatic carbocycles. The molecule has 202 valence electrons. The van der Waals surface area contributed by atoms with Gasteiger partial charge in [0, 0.05) is 43.4 Å². The summed E-state index contributed by atoms with van der Waals surface area (Å²) in [6, 6.07) is 15.4. The minimum Gasteiger partial charge on any atom is -0.445 e. The lowest BCUT2D eigenvalue weighted by Crippen LogP contribution is -2.56. The number of halogens is 1. The molecule has 0 aliphatic carbocycles. The normalized spacial score (nSPS) is 15.1. The van der Waals surface area contributed by atoms with E-state index >= 15 is 0 Å². The Morgan fingerprint density at radius 3 is 2.32 bits per heavy atom. The fourth-order valence-corrected chi connectivity index (χ4v) is 5.36. The Balaban J connectivity index is 1.40. The van der Waals surface area contributed by atoms with Crippen LogP contribution in [0.25, 0.3) is 0 Å². The number of nitrogens with zero attached hydrogens (tertiary/aromatic N) is 2. The van der Waals surface area contributed by atoms with Gasteiger partial charge in [0.05, 0.1) is 0 Å². The Morgan fingerprint density at radius 2 is 1.68 bits per heavy atom. The first kappa shape index (κ1) is 28.7. The summed E-state index contributed by atoms with van der Waals surface area (Å²) in [6.45, 7) is 1.87. The van der Waals surface area contributed by atoms with Gasteiger partial charge in [-0.15, -0.1) is 0 Å². The minimum absolute atomic E-state index is 0.136. The van der Waals surface area contributed by atoms with Gasteiger partial charge in [-0.3, -0.25) is 10.0 Å². The quantitative estimate of drug-likeness (QED) is 0.179. The molecule has 1 atom stereocenters. The Bertz CT molecular complexity index is 1110. The number of carbonyl (C=O) groups is 2. The van der Waals surface area contributed by atoms with E-state index in [2.05, 4.69) is 14.9 Å². The number of anilines is 1. The van der Waals surface area contributed by atoms with Crippen LogP contribution in [0.5, 0.6) is 0 Å². The predicted molar refractivity (Wildman–Crippen MR) is 139 cm³/mol. The van der Waals surface area contributed by atoms with Crippen molar-refractivity contribution in [1.29, 1.82) is 0 Å². The standard InChI is InChI=1S/C24H32ClN5O6S/c25-20-9-11-21(12-10-20)29-14-16-30(17-15-29)37(34,35)28-22(23(31)27-33)8-4-5-13-26-24(32)36-18-19-6-2-1-3-7-19/h1-3,6-7,9-12,22,28,33H,4-5,8,13-18H2,(H,26,32)(H,27,31)/t22-/m1/s1. The number of carbonyl (C=O) groups excluding carboxylic acids is 2. The van der Waals surface area contributed by atoms with Gasteiger partial charge in [0.15, 0.2) is 0 Å². The number of amides is 2. The molecule has 0 spiro atoms. The maximum Gasteiger partial charge on any atom is 0.407 e. The van der Waals surface area contributed by atoms with Crippen molar-refractivity contribution in [3.05, 3.63) is 65.2 Å². The van der Waals surface area contributed by atoms with Crippen molar-refractivity contribution in [1.82, 2.24) is 19.8 Å². The van der Waals surface area contributed by atoms with Crippen LogP contribution < -0.4 is 20.4 Å². The molecule has 37 heavy (non-hydrogen) atoms. The Morgan fingerprint density at radius 1 is 1.00 bits per heavy atom. The molecule has 0 bridgehead atoms. The summed E-state index contributed by atoms with van der Waals surface area (Å²) in [5.74, 6) is -0.849. The van der Waals surface area contributed by atoms with E-state index in [1.54, 1.807) is 12.1 Å². The number of unbranched alkanes of at least 4 members (excludes halogenated alkanes) is 1. The number of alkyl carbamates (subject to hydrolysis) is 1. The Kier molecular flexibility index (Phi) is 11.0. The van der Waals surface area contributed by atoms with Crippen molar-refractivity contribution >= 4 is 39.5 Å². The molecule has 1 aliphatic heterocycles. The topological polar surface area (TPSA) is 140 Å². The average molecular weight is 554 g/mol. The molecule has 11 nitrogen and oxygen atoms in total. The maximum atomic E-state index is 12.9. The first-order chi connectivity index (χ1) is 17.8. The van der Waals surface area contributed by atoms with Crippen LogP contribution >= 0.6 is 11.6 Å². The van der Waals surface area contributed by atoms with Crippen molar-refractivity contribution in [2.75, 3.05) is 37.6 Å². The van der Waals surface area contributed by atoms with Gasteiger partial charge in [-0.25, -0.2) is 10.3 Å². The van der Waals surface area contributed by atoms with E-state index in [0.717, 1.165) is 11.3 Å². The highest BCUT2D eigenvalue weighted by Gasteiger charge is 2.31. The summed E-state index contributed by atoms with van der Waals surface area (Å²) >= 11 is 5.93. The van der Waals surface area contributed by atoms with Crippen LogP contribution in [-0.4, -0.2) is 68.7 Å². The van der Waals surface area contributed by atoms with Crippen molar-refractivity contribution in [2.24, 2.45) is 0 Å². The molecule has 2 amide bonds. The Hall–Kier alpha value is -2.90. The van der Waals surface area contributed by atoms with Gasteiger partial charge >= 0.3 is 6.09 Å². The molecular weight excluding hydrogens is 522 g/mol. The first-order valence-corrected chi connectivity index (χ1v) is 13.8. The van der Waals surface area contributed by atoms with Crippen molar-refractivity contribution < 1.29 is 28.0 Å². The van der Waals surface area contributed by atoms with Gasteiger partial charge in [0.2, 0.25) is 0 Å². The number of hydrogen-bond acceptors (Lipinski definition) is 7. The fraction of sp³-hybridized carbons (Fsp3) is 0.417. The molecule has 0 saturated carbocycles. The number of nitrogens with one attached hydrogen (secondary N) is 3. The molecule has 4 N–H and O–H groups in total. The summed E-state index contributed by atoms with van der Waals surface area (Å²) in [5, 5.41) is 12.3. The third-order valence-electron chi connectivity index (χ3n) is 5.89. The fourth-order valence-electron chi connectivity index (χ4n) is 3.85. The molecule has 1 saturated heterocycles.